The number of nitrogens with two attached hydrogens (primary N) is 1. The largest absolute Gasteiger partial charge is 0.480 e. The van der Waals surface area contributed by atoms with Gasteiger partial charge >= 0.3 is 5.97 Å². The van der Waals surface area contributed by atoms with Crippen LogP contribution in [0, 0.1) is 0 Å². The molecular formula is C20H19ClN4O3. The van der Waals surface area contributed by atoms with Gasteiger partial charge in [-0.15, -0.1) is 12.4 Å². The summed E-state index contributed by atoms with van der Waals surface area (Å²) in [6.07, 6.45) is 3.53. The minimum atomic E-state index is -1.06. The lowest BCUT2D eigenvalue weighted by Gasteiger charge is -2.13. The van der Waals surface area contributed by atoms with Crippen LogP contribution in [0.4, 0.5) is 0 Å². The number of nitrogens with zero attached hydrogens (tertiary/aromatic N) is 3. The second-order valence-corrected chi connectivity index (χ2v) is 6.49. The molecule has 0 saturated heterocycles. The average Bonchev–Trinajstić information content (AvgIpc) is 3.15. The molecule has 0 aliphatic carbocycles. The summed E-state index contributed by atoms with van der Waals surface area (Å²) in [7, 11) is 1.75. The highest BCUT2D eigenvalue weighted by molar-refractivity contribution is 5.87. The quantitative estimate of drug-likeness (QED) is 0.548. The summed E-state index contributed by atoms with van der Waals surface area (Å²) < 4.78 is 3.41. The number of fused-ring (bicyclic) bond motifs is 2. The molecule has 3 N–H and O–H groups in total. The Labute approximate surface area is 166 Å². The summed E-state index contributed by atoms with van der Waals surface area (Å²) in [6.45, 7) is 0. The topological polar surface area (TPSA) is 103 Å². The molecule has 3 aromatic heterocycles. The monoisotopic (exact) mass is 398 g/mol. The van der Waals surface area contributed by atoms with Crippen LogP contribution in [0.2, 0.25) is 0 Å². The van der Waals surface area contributed by atoms with Crippen LogP contribution in [0.5, 0.6) is 0 Å². The molecule has 3 heterocycles. The van der Waals surface area contributed by atoms with Gasteiger partial charge in [-0.3, -0.25) is 9.59 Å². The molecule has 0 aliphatic heterocycles. The number of aryl methyl sites for hydroxylation is 1. The lowest BCUT2D eigenvalue weighted by molar-refractivity contribution is -0.138. The van der Waals surface area contributed by atoms with Gasteiger partial charge in [-0.2, -0.15) is 0 Å². The van der Waals surface area contributed by atoms with E-state index in [2.05, 4.69) is 4.98 Å². The Balaban J connectivity index is 0.00000225. The molecule has 4 rings (SSSR count). The Hall–Kier alpha value is -3.16. The third-order valence-corrected chi connectivity index (χ3v) is 4.80. The Morgan fingerprint density at radius 3 is 2.71 bits per heavy atom. The number of aliphatic carboxylic acids is 1. The molecule has 0 unspecified atom stereocenters. The normalized spacial score (nSPS) is 12.1. The summed E-state index contributed by atoms with van der Waals surface area (Å²) in [4.78, 5) is 28.4. The summed E-state index contributed by atoms with van der Waals surface area (Å²) in [5, 5.41) is 10.0. The van der Waals surface area contributed by atoms with E-state index >= 15 is 0 Å². The maximum Gasteiger partial charge on any atom is 0.320 e. The predicted octanol–water partition coefficient (Wildman–Crippen LogP) is 2.23. The molecule has 0 radical (unpaired) electrons. The van der Waals surface area contributed by atoms with Crippen molar-refractivity contribution in [2.75, 3.05) is 0 Å². The predicted molar refractivity (Wildman–Crippen MR) is 110 cm³/mol. The smallest absolute Gasteiger partial charge is 0.320 e. The lowest BCUT2D eigenvalue weighted by Crippen LogP contribution is -2.32. The van der Waals surface area contributed by atoms with Crippen LogP contribution in [0.3, 0.4) is 0 Å². The van der Waals surface area contributed by atoms with Gasteiger partial charge in [-0.25, -0.2) is 4.98 Å². The van der Waals surface area contributed by atoms with E-state index in [4.69, 9.17) is 10.8 Å². The first-order chi connectivity index (χ1) is 13.0. The number of benzene rings is 1. The van der Waals surface area contributed by atoms with Crippen LogP contribution in [0.1, 0.15) is 5.69 Å². The van der Waals surface area contributed by atoms with Gasteiger partial charge in [0, 0.05) is 37.1 Å². The van der Waals surface area contributed by atoms with Crippen molar-refractivity contribution in [1.82, 2.24) is 14.0 Å². The fourth-order valence-electron chi connectivity index (χ4n) is 3.37. The molecule has 8 heteroatoms. The zero-order valence-corrected chi connectivity index (χ0v) is 15.9. The number of carbonyl (C=O) groups is 1. The van der Waals surface area contributed by atoms with Crippen molar-refractivity contribution >= 4 is 34.9 Å². The summed E-state index contributed by atoms with van der Waals surface area (Å²) >= 11 is 0. The Bertz CT molecular complexity index is 1250. The van der Waals surface area contributed by atoms with E-state index < -0.39 is 12.0 Å². The van der Waals surface area contributed by atoms with E-state index in [0.717, 1.165) is 16.6 Å². The van der Waals surface area contributed by atoms with Crippen LogP contribution in [0.15, 0.2) is 59.7 Å². The van der Waals surface area contributed by atoms with Crippen LogP contribution in [-0.4, -0.2) is 31.1 Å². The number of para-hydroxylation sites is 1. The first kappa shape index (κ1) is 19.6. The molecular weight excluding hydrogens is 380 g/mol. The summed E-state index contributed by atoms with van der Waals surface area (Å²) in [5.74, 6) is -1.06. The third-order valence-electron chi connectivity index (χ3n) is 4.80. The maximum atomic E-state index is 12.9. The van der Waals surface area contributed by atoms with Gasteiger partial charge in [-0.1, -0.05) is 18.2 Å². The summed E-state index contributed by atoms with van der Waals surface area (Å²) in [6, 6.07) is 12.1. The highest BCUT2D eigenvalue weighted by atomic mass is 35.5. The van der Waals surface area contributed by atoms with Crippen molar-refractivity contribution in [2.24, 2.45) is 12.8 Å². The van der Waals surface area contributed by atoms with E-state index in [1.165, 1.54) is 0 Å². The molecule has 0 saturated carbocycles. The van der Waals surface area contributed by atoms with E-state index in [1.807, 2.05) is 30.3 Å². The number of hydrogen-bond acceptors (Lipinski definition) is 4. The zero-order valence-electron chi connectivity index (χ0n) is 15.1. The zero-order chi connectivity index (χ0) is 19.1. The van der Waals surface area contributed by atoms with Gasteiger partial charge in [0.25, 0.3) is 5.56 Å². The molecule has 7 nitrogen and oxygen atoms in total. The number of carboxylic acid groups (broad SMARTS) is 1. The van der Waals surface area contributed by atoms with E-state index in [-0.39, 0.29) is 24.4 Å². The first-order valence-corrected chi connectivity index (χ1v) is 8.50. The summed E-state index contributed by atoms with van der Waals surface area (Å²) in [5.41, 5.74) is 8.97. The molecule has 144 valence electrons. The fraction of sp³-hybridized carbons (Fsp3) is 0.150. The first-order valence-electron chi connectivity index (χ1n) is 8.50. The van der Waals surface area contributed by atoms with Crippen LogP contribution < -0.4 is 11.3 Å². The van der Waals surface area contributed by atoms with Crippen molar-refractivity contribution in [3.8, 4) is 11.1 Å². The van der Waals surface area contributed by atoms with Gasteiger partial charge in [0.2, 0.25) is 0 Å². The second kappa shape index (κ2) is 7.46. The third kappa shape index (κ3) is 3.15. The SMILES string of the molecule is Cl.Cn1c(=O)c(-c2ccc(C[C@H](N)C(=O)O)n3ccnc23)cc2ccccc21. The molecule has 4 aromatic rings. The molecule has 0 spiro atoms. The standard InChI is InChI=1S/C20H18N4O3.ClH/c1-23-17-5-3-2-4-12(17)10-15(19(23)25)14-7-6-13(11-16(21)20(26)27)24-9-8-22-18(14)24;/h2-10,16H,11,21H2,1H3,(H,26,27);1H/t16-;/m0./s1. The van der Waals surface area contributed by atoms with Crippen molar-refractivity contribution < 1.29 is 9.90 Å². The number of halogens is 1. The molecule has 0 aliphatic rings. The van der Waals surface area contributed by atoms with Crippen LogP contribution in [-0.2, 0) is 18.3 Å². The van der Waals surface area contributed by atoms with Gasteiger partial charge in [0.1, 0.15) is 11.7 Å². The van der Waals surface area contributed by atoms with Gasteiger partial charge < -0.3 is 19.8 Å². The molecule has 0 amide bonds. The van der Waals surface area contributed by atoms with Crippen molar-refractivity contribution in [3.63, 3.8) is 0 Å². The van der Waals surface area contributed by atoms with E-state index in [0.29, 0.717) is 16.8 Å². The molecule has 1 aromatic carbocycles. The van der Waals surface area contributed by atoms with Gasteiger partial charge in [-0.05, 0) is 29.7 Å². The number of imidazole rings is 1. The average molecular weight is 399 g/mol. The molecule has 28 heavy (non-hydrogen) atoms. The number of carboxylic acids is 1. The van der Waals surface area contributed by atoms with E-state index in [1.54, 1.807) is 40.5 Å². The van der Waals surface area contributed by atoms with Crippen molar-refractivity contribution in [1.29, 1.82) is 0 Å². The molecule has 0 fully saturated rings. The van der Waals surface area contributed by atoms with Crippen molar-refractivity contribution in [2.45, 2.75) is 12.5 Å². The second-order valence-electron chi connectivity index (χ2n) is 6.49. The Kier molecular flexibility index (Phi) is 5.22. The van der Waals surface area contributed by atoms with Crippen LogP contribution in [0.25, 0.3) is 27.7 Å². The Morgan fingerprint density at radius 1 is 1.21 bits per heavy atom. The number of aromatic nitrogens is 3. The minimum absolute atomic E-state index is 0. The lowest BCUT2D eigenvalue weighted by atomic mass is 10.0. The Morgan fingerprint density at radius 2 is 1.96 bits per heavy atom. The maximum absolute atomic E-state index is 12.9. The van der Waals surface area contributed by atoms with E-state index in [9.17, 15) is 9.59 Å². The highest BCUT2D eigenvalue weighted by Gasteiger charge is 2.17. The van der Waals surface area contributed by atoms with Gasteiger partial charge in [0.15, 0.2) is 0 Å². The highest BCUT2D eigenvalue weighted by Crippen LogP contribution is 2.25. The van der Waals surface area contributed by atoms with Crippen molar-refractivity contribution in [3.05, 3.63) is 70.9 Å². The fourth-order valence-corrected chi connectivity index (χ4v) is 3.37. The number of rotatable bonds is 4. The van der Waals surface area contributed by atoms with Gasteiger partial charge in [0.05, 0.1) is 11.1 Å². The molecule has 1 atom stereocenters. The molecule has 0 bridgehead atoms. The number of pyridine rings is 2. The minimum Gasteiger partial charge on any atom is -0.480 e. The number of hydrogen-bond donors (Lipinski definition) is 2. The van der Waals surface area contributed by atoms with Crippen LogP contribution >= 0.6 is 12.4 Å².